The van der Waals surface area contributed by atoms with E-state index in [4.69, 9.17) is 11.6 Å². The summed E-state index contributed by atoms with van der Waals surface area (Å²) in [4.78, 5) is 16.7. The van der Waals surface area contributed by atoms with Crippen LogP contribution in [-0.4, -0.2) is 25.5 Å². The lowest BCUT2D eigenvalue weighted by Gasteiger charge is -2.03. The van der Waals surface area contributed by atoms with E-state index in [1.807, 2.05) is 46.9 Å². The molecule has 0 bridgehead atoms. The van der Waals surface area contributed by atoms with Crippen LogP contribution in [0.1, 0.15) is 0 Å². The van der Waals surface area contributed by atoms with Gasteiger partial charge in [-0.1, -0.05) is 63.4 Å². The summed E-state index contributed by atoms with van der Waals surface area (Å²) in [6, 6.07) is 7.52. The van der Waals surface area contributed by atoms with Gasteiger partial charge in [0.2, 0.25) is 11.0 Å². The molecule has 9 heteroatoms. The maximum absolute atomic E-state index is 11.3. The molecule has 0 spiro atoms. The number of amides is 1. The zero-order valence-electron chi connectivity index (χ0n) is 10.9. The molecule has 0 aliphatic carbocycles. The molecule has 0 saturated heterocycles. The SMILES string of the molecule is O=C(CI)Nc1nnc(Sc2ccnc3cc(Cl)ccc23)s1. The molecule has 0 saturated carbocycles. The summed E-state index contributed by atoms with van der Waals surface area (Å²) in [5, 5.41) is 12.9. The van der Waals surface area contributed by atoms with Crippen molar-refractivity contribution in [1.82, 2.24) is 15.2 Å². The Labute approximate surface area is 153 Å². The summed E-state index contributed by atoms with van der Waals surface area (Å²) in [6.07, 6.45) is 1.74. The third-order valence-electron chi connectivity index (χ3n) is 2.64. The van der Waals surface area contributed by atoms with E-state index in [9.17, 15) is 4.79 Å². The number of halogens is 2. The molecule has 5 nitrogen and oxygen atoms in total. The topological polar surface area (TPSA) is 67.8 Å². The van der Waals surface area contributed by atoms with Gasteiger partial charge >= 0.3 is 0 Å². The summed E-state index contributed by atoms with van der Waals surface area (Å²) in [5.41, 5.74) is 0.834. The number of pyridine rings is 1. The van der Waals surface area contributed by atoms with Crippen LogP contribution in [0.4, 0.5) is 5.13 Å². The molecule has 0 unspecified atom stereocenters. The van der Waals surface area contributed by atoms with Gasteiger partial charge in [0.15, 0.2) is 4.34 Å². The molecule has 1 amide bonds. The molecule has 2 aromatic heterocycles. The van der Waals surface area contributed by atoms with Gasteiger partial charge in [0.25, 0.3) is 0 Å². The summed E-state index contributed by atoms with van der Waals surface area (Å²) in [5.74, 6) is -0.0858. The van der Waals surface area contributed by atoms with Crippen LogP contribution in [-0.2, 0) is 4.79 Å². The average molecular weight is 463 g/mol. The van der Waals surface area contributed by atoms with Gasteiger partial charge in [-0.15, -0.1) is 10.2 Å². The predicted molar refractivity (Wildman–Crippen MR) is 98.3 cm³/mol. The van der Waals surface area contributed by atoms with Gasteiger partial charge in [-0.2, -0.15) is 0 Å². The fourth-order valence-corrected chi connectivity index (χ4v) is 3.94. The van der Waals surface area contributed by atoms with Crippen molar-refractivity contribution in [3.8, 4) is 0 Å². The van der Waals surface area contributed by atoms with Gasteiger partial charge in [0.05, 0.1) is 9.94 Å². The molecule has 0 fully saturated rings. The Kier molecular flexibility index (Phi) is 5.11. The van der Waals surface area contributed by atoms with Gasteiger partial charge in [-0.25, -0.2) is 0 Å². The maximum atomic E-state index is 11.3. The smallest absolute Gasteiger partial charge is 0.236 e. The molecule has 1 N–H and O–H groups in total. The van der Waals surface area contributed by atoms with Crippen LogP contribution in [0.15, 0.2) is 39.7 Å². The minimum Gasteiger partial charge on any atom is -0.300 e. The van der Waals surface area contributed by atoms with Crippen molar-refractivity contribution in [2.75, 3.05) is 9.74 Å². The summed E-state index contributed by atoms with van der Waals surface area (Å²) in [7, 11) is 0. The van der Waals surface area contributed by atoms with Crippen LogP contribution in [0.5, 0.6) is 0 Å². The number of anilines is 1. The van der Waals surface area contributed by atoms with Gasteiger partial charge in [0, 0.05) is 21.5 Å². The number of rotatable bonds is 4. The van der Waals surface area contributed by atoms with E-state index >= 15 is 0 Å². The van der Waals surface area contributed by atoms with E-state index in [2.05, 4.69) is 20.5 Å². The van der Waals surface area contributed by atoms with Crippen molar-refractivity contribution >= 4 is 79.2 Å². The van der Waals surface area contributed by atoms with E-state index in [1.54, 1.807) is 6.20 Å². The number of fused-ring (bicyclic) bond motifs is 1. The monoisotopic (exact) mass is 462 g/mol. The second kappa shape index (κ2) is 7.07. The van der Waals surface area contributed by atoms with Crippen molar-refractivity contribution in [2.24, 2.45) is 0 Å². The standard InChI is InChI=1S/C13H8ClIN4OS2/c14-7-1-2-8-9(5-7)16-4-3-10(8)21-13-19-18-12(22-13)17-11(20)6-15/h1-5H,6H2,(H,17,18,20). The number of hydrogen-bond acceptors (Lipinski definition) is 6. The molecule has 112 valence electrons. The molecule has 0 aliphatic heterocycles. The molecule has 2 heterocycles. The van der Waals surface area contributed by atoms with E-state index < -0.39 is 0 Å². The molecular weight excluding hydrogens is 455 g/mol. The van der Waals surface area contributed by atoms with Crippen molar-refractivity contribution < 1.29 is 4.79 Å². The van der Waals surface area contributed by atoms with E-state index in [0.717, 1.165) is 20.1 Å². The molecule has 3 rings (SSSR count). The van der Waals surface area contributed by atoms with Crippen LogP contribution in [0.3, 0.4) is 0 Å². The van der Waals surface area contributed by atoms with Crippen molar-refractivity contribution in [3.05, 3.63) is 35.5 Å². The number of alkyl halides is 1. The maximum Gasteiger partial charge on any atom is 0.236 e. The number of benzene rings is 1. The first-order chi connectivity index (χ1) is 10.7. The highest BCUT2D eigenvalue weighted by molar-refractivity contribution is 14.1. The lowest BCUT2D eigenvalue weighted by atomic mass is 10.2. The highest BCUT2D eigenvalue weighted by Crippen LogP contribution is 2.36. The molecule has 1 aromatic carbocycles. The van der Waals surface area contributed by atoms with Crippen LogP contribution >= 0.6 is 57.3 Å². The molecule has 3 aromatic rings. The van der Waals surface area contributed by atoms with Crippen molar-refractivity contribution in [3.63, 3.8) is 0 Å². The van der Waals surface area contributed by atoms with Crippen molar-refractivity contribution in [1.29, 1.82) is 0 Å². The first-order valence-electron chi connectivity index (χ1n) is 6.07. The summed E-state index contributed by atoms with van der Waals surface area (Å²) < 4.78 is 1.14. The number of carbonyl (C=O) groups excluding carboxylic acids is 1. The zero-order chi connectivity index (χ0) is 15.5. The molecule has 0 radical (unpaired) electrons. The van der Waals surface area contributed by atoms with Crippen LogP contribution in [0.2, 0.25) is 5.02 Å². The molecule has 0 aliphatic rings. The van der Waals surface area contributed by atoms with Gasteiger partial charge in [-0.05, 0) is 18.2 Å². The fourth-order valence-electron chi connectivity index (χ4n) is 1.73. The van der Waals surface area contributed by atoms with E-state index in [-0.39, 0.29) is 5.91 Å². The quantitative estimate of drug-likeness (QED) is 0.356. The summed E-state index contributed by atoms with van der Waals surface area (Å²) in [6.45, 7) is 0. The van der Waals surface area contributed by atoms with Crippen LogP contribution in [0.25, 0.3) is 10.9 Å². The largest absolute Gasteiger partial charge is 0.300 e. The van der Waals surface area contributed by atoms with Crippen LogP contribution in [0, 0.1) is 0 Å². The zero-order valence-corrected chi connectivity index (χ0v) is 15.5. The van der Waals surface area contributed by atoms with Gasteiger partial charge in [-0.3, -0.25) is 15.1 Å². The normalized spacial score (nSPS) is 10.8. The Balaban J connectivity index is 1.86. The Morgan fingerprint density at radius 2 is 2.23 bits per heavy atom. The third-order valence-corrected chi connectivity index (χ3v) is 5.53. The number of aromatic nitrogens is 3. The van der Waals surface area contributed by atoms with Crippen molar-refractivity contribution in [2.45, 2.75) is 9.24 Å². The Hall–Kier alpha value is -0.970. The minimum absolute atomic E-state index is 0.0858. The number of nitrogens with one attached hydrogen (secondary N) is 1. The first kappa shape index (κ1) is 15.9. The number of nitrogens with zero attached hydrogens (tertiary/aromatic N) is 3. The Morgan fingerprint density at radius 3 is 3.05 bits per heavy atom. The number of carbonyl (C=O) groups is 1. The molecular formula is C13H8ClIN4OS2. The molecule has 0 atom stereocenters. The van der Waals surface area contributed by atoms with E-state index in [0.29, 0.717) is 14.6 Å². The van der Waals surface area contributed by atoms with Gasteiger partial charge < -0.3 is 0 Å². The lowest BCUT2D eigenvalue weighted by molar-refractivity contribution is -0.113. The third kappa shape index (κ3) is 3.67. The lowest BCUT2D eigenvalue weighted by Crippen LogP contribution is -2.11. The average Bonchev–Trinajstić information content (AvgIpc) is 2.94. The predicted octanol–water partition coefficient (Wildman–Crippen LogP) is 4.26. The van der Waals surface area contributed by atoms with E-state index in [1.165, 1.54) is 23.1 Å². The fraction of sp³-hybridized carbons (Fsp3) is 0.0769. The Morgan fingerprint density at radius 1 is 1.36 bits per heavy atom. The Bertz CT molecular complexity index is 842. The minimum atomic E-state index is -0.0858. The molecule has 22 heavy (non-hydrogen) atoms. The second-order valence-electron chi connectivity index (χ2n) is 4.13. The van der Waals surface area contributed by atoms with Crippen LogP contribution < -0.4 is 5.32 Å². The van der Waals surface area contributed by atoms with Gasteiger partial charge in [0.1, 0.15) is 0 Å². The summed E-state index contributed by atoms with van der Waals surface area (Å²) >= 11 is 10.8. The highest BCUT2D eigenvalue weighted by atomic mass is 127. The second-order valence-corrected chi connectivity index (χ2v) is 7.59. The number of hydrogen-bond donors (Lipinski definition) is 1. The highest BCUT2D eigenvalue weighted by Gasteiger charge is 2.10. The first-order valence-corrected chi connectivity index (χ1v) is 9.61.